The summed E-state index contributed by atoms with van der Waals surface area (Å²) >= 11 is 0. The van der Waals surface area contributed by atoms with Crippen LogP contribution in [0.3, 0.4) is 0 Å². The number of aliphatic hydroxyl groups is 2. The number of allylic oxidation sites excluding steroid dienone is 1. The van der Waals surface area contributed by atoms with E-state index in [1.165, 1.54) is 13.0 Å². The number of unbranched alkanes of at least 4 members (excludes halogenated alkanes) is 1. The van der Waals surface area contributed by atoms with Gasteiger partial charge in [0.05, 0.1) is 0 Å². The summed E-state index contributed by atoms with van der Waals surface area (Å²) in [4.78, 5) is 0. The Morgan fingerprint density at radius 2 is 1.26 bits per heavy atom. The highest BCUT2D eigenvalue weighted by Crippen LogP contribution is 2.70. The molecule has 5 fully saturated rings. The number of hydrogen-bond donors (Lipinski definition) is 2. The van der Waals surface area contributed by atoms with Crippen LogP contribution in [0.15, 0.2) is 12.7 Å². The molecule has 0 radical (unpaired) electrons. The fraction of sp³-hybridized carbons (Fsp3) is 0.953. The summed E-state index contributed by atoms with van der Waals surface area (Å²) in [7, 11) is 0. The van der Waals surface area contributed by atoms with Crippen LogP contribution in [0.4, 0.5) is 79.0 Å². The molecule has 5 rings (SSSR count). The van der Waals surface area contributed by atoms with Crippen LogP contribution in [0.1, 0.15) is 131 Å². The number of alkyl halides is 18. The van der Waals surface area contributed by atoms with Crippen molar-refractivity contribution in [2.75, 3.05) is 6.61 Å². The molecule has 0 saturated heterocycles. The Hall–Kier alpha value is -1.68. The highest BCUT2D eigenvalue weighted by atomic mass is 19.4. The van der Waals surface area contributed by atoms with Crippen molar-refractivity contribution in [1.82, 2.24) is 0 Å². The lowest BCUT2D eigenvalue weighted by Gasteiger charge is -2.49. The molecule has 0 amide bonds. The lowest BCUT2D eigenvalue weighted by Crippen LogP contribution is -2.74. The van der Waals surface area contributed by atoms with Crippen molar-refractivity contribution in [2.45, 2.75) is 196 Å². The Morgan fingerprint density at radius 3 is 1.72 bits per heavy atom. The van der Waals surface area contributed by atoms with Crippen molar-refractivity contribution >= 4 is 0 Å². The minimum atomic E-state index is -6.92. The van der Waals surface area contributed by atoms with Gasteiger partial charge in [-0.15, -0.1) is 6.58 Å². The molecule has 0 spiro atoms. The first kappa shape index (κ1) is 55.9. The van der Waals surface area contributed by atoms with Gasteiger partial charge >= 0.3 is 42.5 Å². The van der Waals surface area contributed by atoms with Crippen molar-refractivity contribution in [2.24, 2.45) is 52.3 Å². The van der Waals surface area contributed by atoms with E-state index in [9.17, 15) is 89.2 Å². The SMILES string of the molecule is C=CC12CCC(CC1C(C)(O)C(F)(F)C(F)(F)F)C2.CCCCOC(C)OC1(C(F)(F)F)CCC(C(CC)CC(C)C23CCC(C2)C(C(O)(C(F)(F)C(F)(F)F)C(F)(F)C(F)(F)F)C3)C1. The fourth-order valence-electron chi connectivity index (χ4n) is 12.5. The summed E-state index contributed by atoms with van der Waals surface area (Å²) in [5.74, 6) is -25.6. The molecular weight excluding hydrogens is 922 g/mol. The van der Waals surface area contributed by atoms with Crippen molar-refractivity contribution in [3.05, 3.63) is 12.7 Å². The van der Waals surface area contributed by atoms with E-state index in [2.05, 4.69) is 6.58 Å². The van der Waals surface area contributed by atoms with Crippen molar-refractivity contribution in [3.8, 4) is 0 Å². The highest BCUT2D eigenvalue weighted by molar-refractivity contribution is 5.20. The van der Waals surface area contributed by atoms with Gasteiger partial charge in [0.25, 0.3) is 0 Å². The Labute approximate surface area is 366 Å². The highest BCUT2D eigenvalue weighted by Gasteiger charge is 2.88. The summed E-state index contributed by atoms with van der Waals surface area (Å²) in [5, 5.41) is 20.4. The second kappa shape index (κ2) is 18.2. The summed E-state index contributed by atoms with van der Waals surface area (Å²) in [6, 6.07) is 0. The molecular formula is C43H60F18O4. The van der Waals surface area contributed by atoms with E-state index in [1.54, 1.807) is 13.8 Å². The van der Waals surface area contributed by atoms with Gasteiger partial charge in [0, 0.05) is 18.4 Å². The van der Waals surface area contributed by atoms with E-state index in [4.69, 9.17) is 9.47 Å². The summed E-state index contributed by atoms with van der Waals surface area (Å²) in [6.45, 7) is 10.9. The summed E-state index contributed by atoms with van der Waals surface area (Å²) < 4.78 is 258. The fourth-order valence-corrected chi connectivity index (χ4v) is 12.5. The van der Waals surface area contributed by atoms with Crippen molar-refractivity contribution < 1.29 is 98.7 Å². The van der Waals surface area contributed by atoms with E-state index in [-0.39, 0.29) is 57.5 Å². The quantitative estimate of drug-likeness (QED) is 0.0660. The van der Waals surface area contributed by atoms with Gasteiger partial charge in [-0.2, -0.15) is 79.0 Å². The Morgan fingerprint density at radius 1 is 0.708 bits per heavy atom. The van der Waals surface area contributed by atoms with Crippen LogP contribution in [-0.4, -0.2) is 82.4 Å². The Kier molecular flexibility index (Phi) is 15.7. The van der Waals surface area contributed by atoms with Gasteiger partial charge in [-0.25, -0.2) is 0 Å². The molecule has 0 aromatic carbocycles. The van der Waals surface area contributed by atoms with Crippen LogP contribution in [-0.2, 0) is 9.47 Å². The predicted octanol–water partition coefficient (Wildman–Crippen LogP) is 14.2. The normalized spacial score (nSPS) is 33.7. The zero-order valence-corrected chi connectivity index (χ0v) is 36.7. The molecule has 12 unspecified atom stereocenters. The molecule has 12 atom stereocenters. The standard InChI is InChI=1S/C30H43F13O3.C13H17F5O/c1-5-7-12-45-18(4)46-24(28(35,36)37)11-9-20(15-24)19(6-2)13-17(3)23-10-8-21(14-23)22(16-23)25(44,26(31,32)29(38,39)40)27(33,34)30(41,42)43;1-3-11-5-4-8(7-11)6-9(11)10(2,19)12(14,15)13(16,17)18/h17-22,44H,5-16H2,1-4H3;3,8-9,19H,1,4-7H2,2H3. The third kappa shape index (κ3) is 9.52. The van der Waals surface area contributed by atoms with Crippen molar-refractivity contribution in [1.29, 1.82) is 0 Å². The van der Waals surface area contributed by atoms with E-state index in [0.29, 0.717) is 32.6 Å². The third-order valence-electron chi connectivity index (χ3n) is 16.3. The van der Waals surface area contributed by atoms with E-state index < -0.39 is 125 Å². The van der Waals surface area contributed by atoms with Gasteiger partial charge in [0.2, 0.25) is 5.60 Å². The molecule has 0 heterocycles. The average Bonchev–Trinajstić information content (AvgIpc) is 4.02. The molecule has 382 valence electrons. The predicted molar refractivity (Wildman–Crippen MR) is 200 cm³/mol. The van der Waals surface area contributed by atoms with Crippen LogP contribution in [0, 0.1) is 52.3 Å². The first-order chi connectivity index (χ1) is 29.2. The molecule has 5 aliphatic rings. The second-order valence-corrected chi connectivity index (χ2v) is 19.9. The minimum Gasteiger partial charge on any atom is -0.383 e. The molecule has 0 aromatic rings. The van der Waals surface area contributed by atoms with Crippen molar-refractivity contribution in [3.63, 3.8) is 0 Å². The van der Waals surface area contributed by atoms with Gasteiger partial charge in [0.15, 0.2) is 11.9 Å². The third-order valence-corrected chi connectivity index (χ3v) is 16.3. The molecule has 5 aliphatic carbocycles. The van der Waals surface area contributed by atoms with Crippen LogP contribution in [0.5, 0.6) is 0 Å². The van der Waals surface area contributed by atoms with Gasteiger partial charge in [-0.1, -0.05) is 39.7 Å². The molecule has 0 aromatic heterocycles. The second-order valence-electron chi connectivity index (χ2n) is 19.9. The van der Waals surface area contributed by atoms with Gasteiger partial charge in [-0.3, -0.25) is 0 Å². The van der Waals surface area contributed by atoms with E-state index in [0.717, 1.165) is 12.8 Å². The number of rotatable bonds is 17. The average molecular weight is 983 g/mol. The maximum Gasteiger partial charge on any atom is 0.456 e. The molecule has 4 nitrogen and oxygen atoms in total. The zero-order chi connectivity index (χ0) is 50.1. The first-order valence-electron chi connectivity index (χ1n) is 22.0. The van der Waals surface area contributed by atoms with Crippen LogP contribution in [0.25, 0.3) is 0 Å². The lowest BCUT2D eigenvalue weighted by atomic mass is 9.63. The number of fused-ring (bicyclic) bond motifs is 4. The maximum absolute atomic E-state index is 14.7. The molecule has 4 bridgehead atoms. The van der Waals surface area contributed by atoms with Crippen LogP contribution >= 0.6 is 0 Å². The first-order valence-corrected chi connectivity index (χ1v) is 22.0. The van der Waals surface area contributed by atoms with E-state index in [1.807, 2.05) is 6.92 Å². The van der Waals surface area contributed by atoms with Gasteiger partial charge in [0.1, 0.15) is 5.60 Å². The largest absolute Gasteiger partial charge is 0.456 e. The molecule has 65 heavy (non-hydrogen) atoms. The molecule has 0 aliphatic heterocycles. The van der Waals surface area contributed by atoms with Gasteiger partial charge in [-0.05, 0) is 138 Å². The topological polar surface area (TPSA) is 58.9 Å². The van der Waals surface area contributed by atoms with Gasteiger partial charge < -0.3 is 19.7 Å². The minimum absolute atomic E-state index is 0.0973. The monoisotopic (exact) mass is 982 g/mol. The Bertz CT molecular complexity index is 1600. The smallest absolute Gasteiger partial charge is 0.383 e. The molecule has 22 heteroatoms. The van der Waals surface area contributed by atoms with E-state index >= 15 is 0 Å². The zero-order valence-electron chi connectivity index (χ0n) is 36.7. The van der Waals surface area contributed by atoms with Crippen LogP contribution < -0.4 is 0 Å². The summed E-state index contributed by atoms with van der Waals surface area (Å²) in [5.41, 5.74) is -13.5. The summed E-state index contributed by atoms with van der Waals surface area (Å²) in [6.07, 6.45) is -22.2. The number of hydrogen-bond acceptors (Lipinski definition) is 4. The molecule has 5 saturated carbocycles. The Balaban J connectivity index is 0.000000403. The lowest BCUT2D eigenvalue weighted by molar-refractivity contribution is -0.437. The molecule has 2 N–H and O–H groups in total. The maximum atomic E-state index is 14.7. The number of ether oxygens (including phenoxy) is 2. The van der Waals surface area contributed by atoms with Crippen LogP contribution in [0.2, 0.25) is 0 Å². The number of halogens is 18.